The maximum atomic E-state index is 12.3. The van der Waals surface area contributed by atoms with Crippen LogP contribution in [-0.2, 0) is 17.6 Å². The molecule has 2 N–H and O–H groups in total. The van der Waals surface area contributed by atoms with Gasteiger partial charge in [0.15, 0.2) is 0 Å². The third-order valence-electron chi connectivity index (χ3n) is 8.24. The van der Waals surface area contributed by atoms with Gasteiger partial charge in [-0.25, -0.2) is 4.98 Å². The minimum atomic E-state index is -0.0405. The first kappa shape index (κ1) is 22.4. The molecule has 2 unspecified atom stereocenters. The summed E-state index contributed by atoms with van der Waals surface area (Å²) < 4.78 is 5.76. The van der Waals surface area contributed by atoms with Crippen LogP contribution >= 0.6 is 0 Å². The number of benzene rings is 1. The molecule has 1 aliphatic carbocycles. The fourth-order valence-electron chi connectivity index (χ4n) is 6.44. The minimum absolute atomic E-state index is 0.0405. The summed E-state index contributed by atoms with van der Waals surface area (Å²) in [4.78, 5) is 24.6. The van der Waals surface area contributed by atoms with Crippen LogP contribution in [0.15, 0.2) is 42.6 Å². The summed E-state index contributed by atoms with van der Waals surface area (Å²) in [5.74, 6) is 0.890. The van der Waals surface area contributed by atoms with Gasteiger partial charge in [-0.2, -0.15) is 5.10 Å². The molecule has 8 nitrogen and oxygen atoms in total. The number of likely N-dealkylation sites (tertiary alicyclic amines) is 1. The van der Waals surface area contributed by atoms with Crippen LogP contribution in [0.2, 0.25) is 0 Å². The number of fused-ring (bicyclic) bond motifs is 2. The molecule has 188 valence electrons. The highest BCUT2D eigenvalue weighted by molar-refractivity contribution is 5.93. The molecule has 8 heteroatoms. The highest BCUT2D eigenvalue weighted by atomic mass is 16.5. The highest BCUT2D eigenvalue weighted by Gasteiger charge is 2.38. The summed E-state index contributed by atoms with van der Waals surface area (Å²) in [7, 11) is 1.69. The molecule has 5 heterocycles. The van der Waals surface area contributed by atoms with E-state index in [0.29, 0.717) is 0 Å². The third kappa shape index (κ3) is 3.70. The SMILES string of the molecule is COc1cc2[nH]nc(-c3ccc(C4CCCN4C4CCNC4=O)nc3)c2nc1-c1cccc2c1CCC2. The largest absolute Gasteiger partial charge is 0.494 e. The van der Waals surface area contributed by atoms with Crippen LogP contribution in [0.5, 0.6) is 5.75 Å². The summed E-state index contributed by atoms with van der Waals surface area (Å²) >= 11 is 0. The summed E-state index contributed by atoms with van der Waals surface area (Å²) in [6.07, 6.45) is 8.23. The number of carbonyl (C=O) groups is 1. The number of aromatic amines is 1. The number of nitrogens with one attached hydrogen (secondary N) is 2. The van der Waals surface area contributed by atoms with Gasteiger partial charge in [0.05, 0.1) is 30.4 Å². The van der Waals surface area contributed by atoms with Gasteiger partial charge >= 0.3 is 0 Å². The van der Waals surface area contributed by atoms with E-state index >= 15 is 0 Å². The lowest BCUT2D eigenvalue weighted by molar-refractivity contribution is -0.124. The zero-order valence-electron chi connectivity index (χ0n) is 21.0. The topological polar surface area (TPSA) is 96.0 Å². The maximum Gasteiger partial charge on any atom is 0.237 e. The quantitative estimate of drug-likeness (QED) is 0.432. The Hall–Kier alpha value is -3.78. The van der Waals surface area contributed by atoms with Crippen LogP contribution in [-0.4, -0.2) is 57.2 Å². The van der Waals surface area contributed by atoms with Crippen molar-refractivity contribution >= 4 is 16.9 Å². The average molecular weight is 495 g/mol. The normalized spacial score (nSPS) is 21.5. The number of nitrogens with zero attached hydrogens (tertiary/aromatic N) is 4. The molecule has 0 radical (unpaired) electrons. The Balaban J connectivity index is 1.25. The summed E-state index contributed by atoms with van der Waals surface area (Å²) in [6, 6.07) is 12.8. The molecular weight excluding hydrogens is 464 g/mol. The second kappa shape index (κ2) is 8.95. The number of hydrogen-bond donors (Lipinski definition) is 2. The van der Waals surface area contributed by atoms with Gasteiger partial charge in [-0.1, -0.05) is 18.2 Å². The van der Waals surface area contributed by atoms with Crippen LogP contribution in [0.3, 0.4) is 0 Å². The Morgan fingerprint density at radius 3 is 2.81 bits per heavy atom. The fraction of sp³-hybridized carbons (Fsp3) is 0.379. The lowest BCUT2D eigenvalue weighted by Gasteiger charge is -2.28. The van der Waals surface area contributed by atoms with Crippen LogP contribution in [0.25, 0.3) is 33.5 Å². The van der Waals surface area contributed by atoms with E-state index in [9.17, 15) is 4.79 Å². The van der Waals surface area contributed by atoms with Crippen molar-refractivity contribution in [3.63, 3.8) is 0 Å². The van der Waals surface area contributed by atoms with Gasteiger partial charge < -0.3 is 10.1 Å². The van der Waals surface area contributed by atoms with E-state index in [1.54, 1.807) is 7.11 Å². The highest BCUT2D eigenvalue weighted by Crippen LogP contribution is 2.39. The molecule has 4 aromatic rings. The smallest absolute Gasteiger partial charge is 0.237 e. The van der Waals surface area contributed by atoms with Gasteiger partial charge in [0.2, 0.25) is 5.91 Å². The molecule has 0 spiro atoms. The van der Waals surface area contributed by atoms with Crippen LogP contribution < -0.4 is 10.1 Å². The zero-order valence-corrected chi connectivity index (χ0v) is 21.0. The predicted molar refractivity (Wildman–Crippen MR) is 141 cm³/mol. The van der Waals surface area contributed by atoms with Crippen molar-refractivity contribution in [1.82, 2.24) is 30.4 Å². The van der Waals surface area contributed by atoms with E-state index < -0.39 is 0 Å². The van der Waals surface area contributed by atoms with Crippen molar-refractivity contribution in [2.75, 3.05) is 20.2 Å². The Labute approximate surface area is 215 Å². The number of aromatic nitrogens is 4. The standard InChI is InChI=1S/C29H30N6O2/c1-37-25-15-22-28(32-27(25)20-8-3-6-17-5-2-7-19(17)20)26(34-33-22)18-10-11-21(31-16-18)23-9-4-14-35(23)24-12-13-30-29(24)36/h3,6,8,10-11,15-16,23-24H,2,4-5,7,9,12-14H2,1H3,(H,30,36)(H,33,34). The number of pyridine rings is 2. The van der Waals surface area contributed by atoms with Crippen LogP contribution in [0, 0.1) is 0 Å². The molecule has 37 heavy (non-hydrogen) atoms. The third-order valence-corrected chi connectivity index (χ3v) is 8.24. The molecule has 0 bridgehead atoms. The van der Waals surface area contributed by atoms with Gasteiger partial charge in [-0.15, -0.1) is 0 Å². The molecule has 2 fully saturated rings. The van der Waals surface area contributed by atoms with Crippen molar-refractivity contribution in [2.24, 2.45) is 0 Å². The van der Waals surface area contributed by atoms with Crippen molar-refractivity contribution in [3.8, 4) is 28.3 Å². The summed E-state index contributed by atoms with van der Waals surface area (Å²) in [5.41, 5.74) is 9.14. The second-order valence-electron chi connectivity index (χ2n) is 10.3. The van der Waals surface area contributed by atoms with E-state index in [1.807, 2.05) is 12.3 Å². The number of rotatable bonds is 5. The van der Waals surface area contributed by atoms with E-state index in [-0.39, 0.29) is 18.0 Å². The first-order chi connectivity index (χ1) is 18.2. The average Bonchev–Trinajstić information content (AvgIpc) is 3.74. The molecule has 1 aromatic carbocycles. The molecule has 1 amide bonds. The first-order valence-electron chi connectivity index (χ1n) is 13.3. The lowest BCUT2D eigenvalue weighted by Crippen LogP contribution is -2.40. The van der Waals surface area contributed by atoms with Gasteiger partial charge in [-0.3, -0.25) is 19.8 Å². The van der Waals surface area contributed by atoms with Crippen molar-refractivity contribution in [1.29, 1.82) is 0 Å². The summed E-state index contributed by atoms with van der Waals surface area (Å²) in [5, 5.41) is 10.7. The van der Waals surface area contributed by atoms with E-state index in [2.05, 4.69) is 50.7 Å². The number of ether oxygens (including phenoxy) is 1. The van der Waals surface area contributed by atoms with Crippen molar-refractivity contribution in [2.45, 2.75) is 50.6 Å². The molecule has 2 atom stereocenters. The minimum Gasteiger partial charge on any atom is -0.494 e. The number of carbonyl (C=O) groups excluding carboxylic acids is 1. The van der Waals surface area contributed by atoms with E-state index in [1.165, 1.54) is 17.5 Å². The molecular formula is C29H30N6O2. The molecule has 3 aromatic heterocycles. The molecule has 3 aliphatic rings. The predicted octanol–water partition coefficient (Wildman–Crippen LogP) is 4.21. The molecule has 2 saturated heterocycles. The van der Waals surface area contributed by atoms with E-state index in [0.717, 1.165) is 90.2 Å². The Kier molecular flexibility index (Phi) is 5.43. The molecule has 2 aliphatic heterocycles. The molecule has 0 saturated carbocycles. The van der Waals surface area contributed by atoms with Gasteiger partial charge in [0, 0.05) is 29.9 Å². The second-order valence-corrected chi connectivity index (χ2v) is 10.3. The fourth-order valence-corrected chi connectivity index (χ4v) is 6.44. The Morgan fingerprint density at radius 1 is 1.05 bits per heavy atom. The summed E-state index contributed by atoms with van der Waals surface area (Å²) in [6.45, 7) is 1.70. The van der Waals surface area contributed by atoms with Crippen molar-refractivity contribution < 1.29 is 9.53 Å². The van der Waals surface area contributed by atoms with Crippen LogP contribution in [0.4, 0.5) is 0 Å². The number of methoxy groups -OCH3 is 1. The van der Waals surface area contributed by atoms with Crippen molar-refractivity contribution in [3.05, 3.63) is 59.4 Å². The number of hydrogen-bond acceptors (Lipinski definition) is 6. The zero-order chi connectivity index (χ0) is 24.9. The first-order valence-corrected chi connectivity index (χ1v) is 13.3. The Morgan fingerprint density at radius 2 is 2.00 bits per heavy atom. The van der Waals surface area contributed by atoms with Gasteiger partial charge in [-0.05, 0) is 68.3 Å². The Bertz CT molecular complexity index is 1490. The van der Waals surface area contributed by atoms with Gasteiger partial charge in [0.1, 0.15) is 22.7 Å². The monoisotopic (exact) mass is 494 g/mol. The van der Waals surface area contributed by atoms with Crippen LogP contribution in [0.1, 0.15) is 48.5 Å². The number of H-pyrrole nitrogens is 1. The number of aryl methyl sites for hydroxylation is 1. The lowest BCUT2D eigenvalue weighted by atomic mass is 9.99. The van der Waals surface area contributed by atoms with E-state index in [4.69, 9.17) is 14.7 Å². The number of amides is 1. The van der Waals surface area contributed by atoms with Gasteiger partial charge in [0.25, 0.3) is 0 Å². The molecule has 7 rings (SSSR count). The maximum absolute atomic E-state index is 12.3.